The second-order valence-corrected chi connectivity index (χ2v) is 2.88. The van der Waals surface area contributed by atoms with Gasteiger partial charge in [0.15, 0.2) is 0 Å². The molecule has 0 saturated carbocycles. The van der Waals surface area contributed by atoms with Crippen LogP contribution >= 0.6 is 0 Å². The Morgan fingerprint density at radius 2 is 1.78 bits per heavy atom. The predicted octanol–water partition coefficient (Wildman–Crippen LogP) is 2.44. The fourth-order valence-electron chi connectivity index (χ4n) is 0.770. The SMILES string of the molecule is CCCCCCC[O][Nb]. The number of hydrogen-bond acceptors (Lipinski definition) is 1. The molecule has 0 amide bonds. The summed E-state index contributed by atoms with van der Waals surface area (Å²) in [5, 5.41) is 0. The van der Waals surface area contributed by atoms with Gasteiger partial charge < -0.3 is 0 Å². The average Bonchev–Trinajstić information content (AvgIpc) is 1.89. The minimum atomic E-state index is 0.956. The molecular formula is C7H15NbO. The molecule has 0 atom stereocenters. The summed E-state index contributed by atoms with van der Waals surface area (Å²) in [6, 6.07) is 0. The van der Waals surface area contributed by atoms with Gasteiger partial charge in [-0.15, -0.1) is 0 Å². The van der Waals surface area contributed by atoms with E-state index in [2.05, 4.69) is 6.92 Å². The molecule has 0 heterocycles. The zero-order chi connectivity index (χ0) is 6.95. The van der Waals surface area contributed by atoms with E-state index in [0.717, 1.165) is 6.61 Å². The monoisotopic (exact) mass is 208 g/mol. The van der Waals surface area contributed by atoms with Crippen molar-refractivity contribution in [2.45, 2.75) is 39.0 Å². The van der Waals surface area contributed by atoms with Gasteiger partial charge in [-0.2, -0.15) is 0 Å². The molecule has 0 aromatic carbocycles. The standard InChI is InChI=1S/C7H15O.Nb/c1-2-3-4-5-6-7-8;/h2-7H2,1H3;/q-1;+1. The first-order valence-electron chi connectivity index (χ1n) is 3.68. The molecule has 0 fully saturated rings. The Bertz CT molecular complexity index is 42.2. The van der Waals surface area contributed by atoms with Crippen LogP contribution in [0.15, 0.2) is 0 Å². The van der Waals surface area contributed by atoms with Crippen molar-refractivity contribution in [1.82, 2.24) is 0 Å². The Morgan fingerprint density at radius 3 is 2.33 bits per heavy atom. The third-order valence-corrected chi connectivity index (χ3v) is 1.79. The van der Waals surface area contributed by atoms with Gasteiger partial charge in [-0.3, -0.25) is 0 Å². The summed E-state index contributed by atoms with van der Waals surface area (Å²) in [7, 11) is 0. The van der Waals surface area contributed by atoms with Crippen molar-refractivity contribution >= 4 is 0 Å². The molecule has 9 heavy (non-hydrogen) atoms. The first-order valence-corrected chi connectivity index (χ1v) is 4.58. The van der Waals surface area contributed by atoms with Crippen LogP contribution in [0.5, 0.6) is 0 Å². The molecule has 1 nitrogen and oxygen atoms in total. The van der Waals surface area contributed by atoms with Gasteiger partial charge in [-0.25, -0.2) is 0 Å². The fraction of sp³-hybridized carbons (Fsp3) is 1.00. The molecule has 0 aliphatic carbocycles. The van der Waals surface area contributed by atoms with Crippen LogP contribution in [-0.2, 0) is 24.7 Å². The van der Waals surface area contributed by atoms with Gasteiger partial charge in [0.05, 0.1) is 0 Å². The number of hydrogen-bond donors (Lipinski definition) is 0. The van der Waals surface area contributed by atoms with E-state index in [1.807, 2.05) is 0 Å². The molecule has 0 aliphatic rings. The third kappa shape index (κ3) is 8.70. The second-order valence-electron chi connectivity index (χ2n) is 2.25. The van der Waals surface area contributed by atoms with E-state index >= 15 is 0 Å². The van der Waals surface area contributed by atoms with E-state index in [-0.39, 0.29) is 0 Å². The van der Waals surface area contributed by atoms with Crippen LogP contribution in [0.25, 0.3) is 0 Å². The minimum absolute atomic E-state index is 0.956. The first-order chi connectivity index (χ1) is 4.41. The first kappa shape index (κ1) is 9.70. The zero-order valence-corrected chi connectivity index (χ0v) is 8.30. The molecule has 0 aromatic rings. The van der Waals surface area contributed by atoms with E-state index < -0.39 is 0 Å². The van der Waals surface area contributed by atoms with Crippen molar-refractivity contribution < 1.29 is 24.7 Å². The van der Waals surface area contributed by atoms with Gasteiger partial charge >= 0.3 is 70.3 Å². The van der Waals surface area contributed by atoms with Crippen molar-refractivity contribution in [2.24, 2.45) is 0 Å². The Kier molecular flexibility index (Phi) is 9.38. The van der Waals surface area contributed by atoms with Crippen LogP contribution < -0.4 is 0 Å². The van der Waals surface area contributed by atoms with Crippen LogP contribution in [0.2, 0.25) is 0 Å². The molecule has 0 radical (unpaired) electrons. The van der Waals surface area contributed by atoms with Crippen molar-refractivity contribution in [2.75, 3.05) is 6.61 Å². The summed E-state index contributed by atoms with van der Waals surface area (Å²) >= 11 is 1.46. The summed E-state index contributed by atoms with van der Waals surface area (Å²) in [5.74, 6) is 0. The topological polar surface area (TPSA) is 9.23 Å². The summed E-state index contributed by atoms with van der Waals surface area (Å²) < 4.78 is 4.97. The average molecular weight is 208 g/mol. The predicted molar refractivity (Wildman–Crippen MR) is 34.7 cm³/mol. The van der Waals surface area contributed by atoms with Gasteiger partial charge in [-0.05, 0) is 0 Å². The van der Waals surface area contributed by atoms with E-state index in [4.69, 9.17) is 3.24 Å². The van der Waals surface area contributed by atoms with Crippen molar-refractivity contribution in [3.63, 3.8) is 0 Å². The quantitative estimate of drug-likeness (QED) is 0.481. The summed E-state index contributed by atoms with van der Waals surface area (Å²) in [5.41, 5.74) is 0. The molecule has 0 N–H and O–H groups in total. The Balaban J connectivity index is 2.60. The maximum atomic E-state index is 4.97. The molecular weight excluding hydrogens is 193 g/mol. The van der Waals surface area contributed by atoms with Gasteiger partial charge in [0.1, 0.15) is 0 Å². The molecule has 0 unspecified atom stereocenters. The second kappa shape index (κ2) is 8.70. The van der Waals surface area contributed by atoms with E-state index in [0.29, 0.717) is 0 Å². The molecule has 0 rings (SSSR count). The molecule has 0 saturated heterocycles. The van der Waals surface area contributed by atoms with E-state index in [1.54, 1.807) is 0 Å². The van der Waals surface area contributed by atoms with E-state index in [1.165, 1.54) is 53.6 Å². The van der Waals surface area contributed by atoms with Crippen LogP contribution in [0.3, 0.4) is 0 Å². The van der Waals surface area contributed by atoms with Crippen molar-refractivity contribution in [3.05, 3.63) is 0 Å². The summed E-state index contributed by atoms with van der Waals surface area (Å²) in [6.45, 7) is 3.19. The molecule has 54 valence electrons. The third-order valence-electron chi connectivity index (χ3n) is 1.34. The normalized spacial score (nSPS) is 9.89. The van der Waals surface area contributed by atoms with Gasteiger partial charge in [0.2, 0.25) is 0 Å². The Morgan fingerprint density at radius 1 is 1.11 bits per heavy atom. The van der Waals surface area contributed by atoms with Crippen LogP contribution in [0.4, 0.5) is 0 Å². The molecule has 0 bridgehead atoms. The summed E-state index contributed by atoms with van der Waals surface area (Å²) in [4.78, 5) is 0. The number of unbranched alkanes of at least 4 members (excludes halogenated alkanes) is 4. The zero-order valence-electron chi connectivity index (χ0n) is 6.10. The van der Waals surface area contributed by atoms with Crippen molar-refractivity contribution in [1.29, 1.82) is 0 Å². The Labute approximate surface area is 70.6 Å². The molecule has 0 aromatic heterocycles. The van der Waals surface area contributed by atoms with Gasteiger partial charge in [0.25, 0.3) is 0 Å². The summed E-state index contributed by atoms with van der Waals surface area (Å²) in [6.07, 6.45) is 6.68. The van der Waals surface area contributed by atoms with E-state index in [9.17, 15) is 0 Å². The van der Waals surface area contributed by atoms with Crippen LogP contribution in [0, 0.1) is 0 Å². The molecule has 0 aliphatic heterocycles. The van der Waals surface area contributed by atoms with Crippen molar-refractivity contribution in [3.8, 4) is 0 Å². The van der Waals surface area contributed by atoms with Gasteiger partial charge in [0, 0.05) is 0 Å². The number of rotatable bonds is 6. The molecule has 0 spiro atoms. The maximum absolute atomic E-state index is 4.97. The molecule has 2 heteroatoms. The van der Waals surface area contributed by atoms with Crippen LogP contribution in [0.1, 0.15) is 39.0 Å². The Hall–Kier alpha value is 0.700. The van der Waals surface area contributed by atoms with Gasteiger partial charge in [-0.1, -0.05) is 0 Å². The van der Waals surface area contributed by atoms with Crippen LogP contribution in [-0.4, -0.2) is 6.61 Å². The fourth-order valence-corrected chi connectivity index (χ4v) is 1.09.